The topological polar surface area (TPSA) is 70.8 Å². The minimum absolute atomic E-state index is 0.0434. The fourth-order valence-corrected chi connectivity index (χ4v) is 5.25. The van der Waals surface area contributed by atoms with E-state index in [1.54, 1.807) is 0 Å². The predicted molar refractivity (Wildman–Crippen MR) is 111 cm³/mol. The highest BCUT2D eigenvalue weighted by Crippen LogP contribution is 2.33. The van der Waals surface area contributed by atoms with E-state index in [2.05, 4.69) is 29.1 Å². The number of nitrogens with one attached hydrogen (secondary N) is 1. The van der Waals surface area contributed by atoms with Crippen LogP contribution in [0.1, 0.15) is 49.4 Å². The van der Waals surface area contributed by atoms with Crippen LogP contribution in [0, 0.1) is 0 Å². The second-order valence-corrected chi connectivity index (χ2v) is 8.81. The van der Waals surface area contributed by atoms with Crippen molar-refractivity contribution in [3.05, 3.63) is 23.8 Å². The number of anilines is 1. The van der Waals surface area contributed by atoms with Crippen molar-refractivity contribution in [3.8, 4) is 0 Å². The van der Waals surface area contributed by atoms with Crippen molar-refractivity contribution in [2.45, 2.75) is 63.2 Å². The van der Waals surface area contributed by atoms with Crippen LogP contribution in [0.25, 0.3) is 11.1 Å². The van der Waals surface area contributed by atoms with Gasteiger partial charge in [-0.15, -0.1) is 0 Å². The van der Waals surface area contributed by atoms with E-state index in [0.29, 0.717) is 48.0 Å². The first-order chi connectivity index (χ1) is 14.1. The molecule has 156 valence electrons. The molecule has 0 radical (unpaired) electrons. The monoisotopic (exact) mass is 398 g/mol. The molecule has 2 aromatic rings. The lowest BCUT2D eigenvalue weighted by atomic mass is 9.82. The average molecular weight is 399 g/mol. The highest BCUT2D eigenvalue weighted by atomic mass is 16.5. The Morgan fingerprint density at radius 3 is 2.79 bits per heavy atom. The van der Waals surface area contributed by atoms with Crippen molar-refractivity contribution >= 4 is 23.0 Å². The summed E-state index contributed by atoms with van der Waals surface area (Å²) >= 11 is 0. The van der Waals surface area contributed by atoms with Gasteiger partial charge in [-0.3, -0.25) is 4.79 Å². The number of fused-ring (bicyclic) bond motifs is 3. The quantitative estimate of drug-likeness (QED) is 0.857. The maximum absolute atomic E-state index is 13.1. The first-order valence-corrected chi connectivity index (χ1v) is 10.9. The van der Waals surface area contributed by atoms with Crippen LogP contribution in [0.3, 0.4) is 0 Å². The van der Waals surface area contributed by atoms with Gasteiger partial charge in [0.1, 0.15) is 5.52 Å². The molecule has 7 nitrogen and oxygen atoms in total. The van der Waals surface area contributed by atoms with Crippen molar-refractivity contribution < 1.29 is 13.9 Å². The van der Waals surface area contributed by atoms with E-state index in [1.165, 1.54) is 19.3 Å². The number of rotatable bonds is 3. The van der Waals surface area contributed by atoms with Gasteiger partial charge in [-0.2, -0.15) is 4.98 Å². The maximum Gasteiger partial charge on any atom is 0.298 e. The molecule has 1 aromatic heterocycles. The second-order valence-electron chi connectivity index (χ2n) is 8.81. The van der Waals surface area contributed by atoms with E-state index in [0.717, 1.165) is 19.4 Å². The summed E-state index contributed by atoms with van der Waals surface area (Å²) in [7, 11) is 2.23. The van der Waals surface area contributed by atoms with Gasteiger partial charge in [0.25, 0.3) is 11.9 Å². The predicted octanol–water partition coefficient (Wildman–Crippen LogP) is 2.80. The van der Waals surface area contributed by atoms with Crippen LogP contribution in [0.5, 0.6) is 0 Å². The zero-order chi connectivity index (χ0) is 20.0. The molecule has 1 aromatic carbocycles. The number of oxazole rings is 1. The minimum Gasteiger partial charge on any atom is -0.423 e. The molecular formula is C22H30N4O3. The van der Waals surface area contributed by atoms with Crippen molar-refractivity contribution in [3.63, 3.8) is 0 Å². The molecular weight excluding hydrogens is 368 g/mol. The van der Waals surface area contributed by atoms with Crippen LogP contribution < -0.4 is 10.2 Å². The summed E-state index contributed by atoms with van der Waals surface area (Å²) in [5.74, 6) is -0.0434. The van der Waals surface area contributed by atoms with Gasteiger partial charge in [0, 0.05) is 24.7 Å². The lowest BCUT2D eigenvalue weighted by Gasteiger charge is -2.47. The summed E-state index contributed by atoms with van der Waals surface area (Å²) in [6.45, 7) is 4.16. The van der Waals surface area contributed by atoms with Crippen LogP contribution in [-0.2, 0) is 4.74 Å². The number of para-hydroxylation sites is 1. The molecule has 1 amide bonds. The Morgan fingerprint density at radius 2 is 2.03 bits per heavy atom. The fraction of sp³-hybridized carbons (Fsp3) is 0.636. The smallest absolute Gasteiger partial charge is 0.298 e. The number of ether oxygens (including phenoxy) is 1. The number of hydrogen-bond donors (Lipinski definition) is 1. The van der Waals surface area contributed by atoms with Crippen molar-refractivity contribution in [1.82, 2.24) is 15.2 Å². The van der Waals surface area contributed by atoms with E-state index < -0.39 is 0 Å². The van der Waals surface area contributed by atoms with Crippen LogP contribution >= 0.6 is 0 Å². The highest BCUT2D eigenvalue weighted by molar-refractivity contribution is 6.04. The number of hydrogen-bond acceptors (Lipinski definition) is 6. The largest absolute Gasteiger partial charge is 0.423 e. The molecule has 0 aliphatic carbocycles. The molecule has 7 heteroatoms. The Kier molecular flexibility index (Phi) is 4.95. The first-order valence-electron chi connectivity index (χ1n) is 10.9. The van der Waals surface area contributed by atoms with Gasteiger partial charge in [0.2, 0.25) is 0 Å². The number of benzene rings is 1. The average Bonchev–Trinajstić information content (AvgIpc) is 3.13. The SMILES string of the molecule is C[C@H]1COCCN1c1nc2c(C(=O)NC3CC4CCCC(C3)N4C)cccc2o1. The van der Waals surface area contributed by atoms with Crippen LogP contribution in [0.4, 0.5) is 6.01 Å². The molecule has 0 spiro atoms. The molecule has 3 fully saturated rings. The molecule has 3 aliphatic heterocycles. The first kappa shape index (κ1) is 18.9. The van der Waals surface area contributed by atoms with Crippen LogP contribution in [0.15, 0.2) is 22.6 Å². The Bertz CT molecular complexity index is 883. The van der Waals surface area contributed by atoms with E-state index in [4.69, 9.17) is 14.1 Å². The zero-order valence-corrected chi connectivity index (χ0v) is 17.3. The third-order valence-electron chi connectivity index (χ3n) is 6.94. The normalized spacial score (nSPS) is 30.5. The molecule has 2 bridgehead atoms. The van der Waals surface area contributed by atoms with Crippen LogP contribution in [-0.4, -0.2) is 66.8 Å². The molecule has 2 unspecified atom stereocenters. The Hall–Kier alpha value is -2.12. The third kappa shape index (κ3) is 3.51. The number of nitrogens with zero attached hydrogens (tertiary/aromatic N) is 3. The van der Waals surface area contributed by atoms with Gasteiger partial charge in [-0.1, -0.05) is 12.5 Å². The third-order valence-corrected chi connectivity index (χ3v) is 6.94. The summed E-state index contributed by atoms with van der Waals surface area (Å²) in [5, 5.41) is 3.29. The molecule has 29 heavy (non-hydrogen) atoms. The van der Waals surface area contributed by atoms with Gasteiger partial charge in [0.15, 0.2) is 5.58 Å². The van der Waals surface area contributed by atoms with Gasteiger partial charge < -0.3 is 24.3 Å². The Balaban J connectivity index is 1.36. The molecule has 4 heterocycles. The van der Waals surface area contributed by atoms with Gasteiger partial charge in [-0.05, 0) is 51.8 Å². The zero-order valence-electron chi connectivity index (χ0n) is 17.3. The summed E-state index contributed by atoms with van der Waals surface area (Å²) in [5.41, 5.74) is 1.90. The fourth-order valence-electron chi connectivity index (χ4n) is 5.25. The Morgan fingerprint density at radius 1 is 1.24 bits per heavy atom. The number of amides is 1. The van der Waals surface area contributed by atoms with E-state index in [1.807, 2.05) is 18.2 Å². The summed E-state index contributed by atoms with van der Waals surface area (Å²) in [6.07, 6.45) is 5.84. The van der Waals surface area contributed by atoms with E-state index in [9.17, 15) is 4.79 Å². The summed E-state index contributed by atoms with van der Waals surface area (Å²) < 4.78 is 11.5. The maximum atomic E-state index is 13.1. The molecule has 5 rings (SSSR count). The molecule has 3 atom stereocenters. The number of carbonyl (C=O) groups is 1. The number of carbonyl (C=O) groups excluding carboxylic acids is 1. The molecule has 0 saturated carbocycles. The Labute approximate surface area is 171 Å². The number of morpholine rings is 1. The van der Waals surface area contributed by atoms with Crippen molar-refractivity contribution in [2.75, 3.05) is 31.7 Å². The minimum atomic E-state index is -0.0434. The van der Waals surface area contributed by atoms with E-state index >= 15 is 0 Å². The number of aromatic nitrogens is 1. The van der Waals surface area contributed by atoms with E-state index in [-0.39, 0.29) is 18.0 Å². The van der Waals surface area contributed by atoms with Crippen molar-refractivity contribution in [2.24, 2.45) is 0 Å². The summed E-state index contributed by atoms with van der Waals surface area (Å²) in [4.78, 5) is 22.5. The highest BCUT2D eigenvalue weighted by Gasteiger charge is 2.36. The van der Waals surface area contributed by atoms with Gasteiger partial charge in [-0.25, -0.2) is 0 Å². The number of piperidine rings is 2. The lowest BCUT2D eigenvalue weighted by Crippen LogP contribution is -2.55. The summed E-state index contributed by atoms with van der Waals surface area (Å²) in [6, 6.07) is 7.79. The molecule has 3 aliphatic rings. The molecule has 1 N–H and O–H groups in total. The van der Waals surface area contributed by atoms with Gasteiger partial charge >= 0.3 is 0 Å². The lowest BCUT2D eigenvalue weighted by molar-refractivity contribution is 0.0463. The van der Waals surface area contributed by atoms with Gasteiger partial charge in [0.05, 0.1) is 24.8 Å². The van der Waals surface area contributed by atoms with Crippen molar-refractivity contribution in [1.29, 1.82) is 0 Å². The molecule has 3 saturated heterocycles. The van der Waals surface area contributed by atoms with Crippen LogP contribution in [0.2, 0.25) is 0 Å². The standard InChI is InChI=1S/C22H30N4O3/c1-14-13-28-10-9-26(14)22-24-20-18(7-4-8-19(20)29-22)21(27)23-15-11-16-5-3-6-17(12-15)25(16)2/h4,7-8,14-17H,3,5-6,9-13H2,1-2H3,(H,23,27)/t14-,15?,16?,17?/m0/s1. The second kappa shape index (κ2) is 7.61.